The van der Waals surface area contributed by atoms with Gasteiger partial charge in [-0.1, -0.05) is 13.3 Å². The molecule has 5 nitrogen and oxygen atoms in total. The van der Waals surface area contributed by atoms with Crippen molar-refractivity contribution in [1.82, 2.24) is 4.98 Å². The molecule has 0 atom stereocenters. The lowest BCUT2D eigenvalue weighted by atomic mass is 10.2. The monoisotopic (exact) mass is 249 g/mol. The highest BCUT2D eigenvalue weighted by atomic mass is 16.4. The van der Waals surface area contributed by atoms with Gasteiger partial charge < -0.3 is 13.9 Å². The average Bonchev–Trinajstić information content (AvgIpc) is 2.95. The van der Waals surface area contributed by atoms with E-state index in [4.69, 9.17) is 13.9 Å². The number of aryl methyl sites for hydroxylation is 3. The number of furan rings is 1. The molecule has 0 aliphatic heterocycles. The lowest BCUT2D eigenvalue weighted by Gasteiger charge is -1.92. The highest BCUT2D eigenvalue weighted by molar-refractivity contribution is 5.85. The van der Waals surface area contributed by atoms with Crippen LogP contribution in [0.4, 0.5) is 0 Å². The van der Waals surface area contributed by atoms with Crippen LogP contribution in [0.15, 0.2) is 27.2 Å². The van der Waals surface area contributed by atoms with Crippen LogP contribution < -0.4 is 0 Å². The molecule has 0 radical (unpaired) electrons. The van der Waals surface area contributed by atoms with E-state index in [9.17, 15) is 4.79 Å². The average molecular weight is 249 g/mol. The number of carbonyl (C=O) groups is 1. The van der Waals surface area contributed by atoms with Gasteiger partial charge in [0.2, 0.25) is 5.76 Å². The third-order valence-electron chi connectivity index (χ3n) is 2.59. The van der Waals surface area contributed by atoms with Gasteiger partial charge in [-0.05, 0) is 18.6 Å². The molecule has 0 aromatic carbocycles. The normalized spacial score (nSPS) is 10.7. The number of hydrogen-bond acceptors (Lipinski definition) is 4. The molecule has 0 saturated heterocycles. The highest BCUT2D eigenvalue weighted by Gasteiger charge is 2.18. The fourth-order valence-electron chi connectivity index (χ4n) is 1.77. The predicted molar refractivity (Wildman–Crippen MR) is 63.6 cm³/mol. The molecule has 2 aromatic rings. The van der Waals surface area contributed by atoms with Gasteiger partial charge in [0.15, 0.2) is 5.89 Å². The van der Waals surface area contributed by atoms with E-state index in [1.165, 1.54) is 0 Å². The Kier molecular flexibility index (Phi) is 3.82. The molecule has 18 heavy (non-hydrogen) atoms. The van der Waals surface area contributed by atoms with Gasteiger partial charge >= 0.3 is 5.97 Å². The van der Waals surface area contributed by atoms with Gasteiger partial charge in [-0.15, -0.1) is 0 Å². The fourth-order valence-corrected chi connectivity index (χ4v) is 1.77. The van der Waals surface area contributed by atoms with Gasteiger partial charge in [0.25, 0.3) is 0 Å². The molecular weight excluding hydrogens is 234 g/mol. The Labute approximate surface area is 104 Å². The maximum atomic E-state index is 11.0. The Morgan fingerprint density at radius 2 is 2.22 bits per heavy atom. The van der Waals surface area contributed by atoms with Gasteiger partial charge in [-0.3, -0.25) is 0 Å². The number of nitrogens with zero attached hydrogens (tertiary/aromatic N) is 1. The van der Waals surface area contributed by atoms with Crippen molar-refractivity contribution in [1.29, 1.82) is 0 Å². The lowest BCUT2D eigenvalue weighted by molar-refractivity contribution is 0.0658. The summed E-state index contributed by atoms with van der Waals surface area (Å²) in [7, 11) is 0. The van der Waals surface area contributed by atoms with Crippen LogP contribution >= 0.6 is 0 Å². The van der Waals surface area contributed by atoms with Gasteiger partial charge in [-0.25, -0.2) is 9.78 Å². The predicted octanol–water partition coefficient (Wildman–Crippen LogP) is 2.70. The Morgan fingerprint density at radius 3 is 2.83 bits per heavy atom. The standard InChI is InChI=1S/C13H15NO4/c1-2-4-10-12(13(15)16)18-11(14-10)7-6-9-5-3-8-17-9/h3,5,8H,2,4,6-7H2,1H3,(H,15,16). The van der Waals surface area contributed by atoms with Crippen LogP contribution in [0.1, 0.15) is 41.2 Å². The van der Waals surface area contributed by atoms with E-state index in [2.05, 4.69) is 4.98 Å². The molecule has 0 amide bonds. The minimum Gasteiger partial charge on any atom is -0.475 e. The highest BCUT2D eigenvalue weighted by Crippen LogP contribution is 2.15. The molecule has 0 aliphatic rings. The summed E-state index contributed by atoms with van der Waals surface area (Å²) < 4.78 is 10.5. The van der Waals surface area contributed by atoms with Gasteiger partial charge in [0, 0.05) is 12.8 Å². The van der Waals surface area contributed by atoms with Crippen molar-refractivity contribution in [2.24, 2.45) is 0 Å². The minimum absolute atomic E-state index is 0.0358. The van der Waals surface area contributed by atoms with E-state index >= 15 is 0 Å². The number of carboxylic acid groups (broad SMARTS) is 1. The van der Waals surface area contributed by atoms with Crippen molar-refractivity contribution < 1.29 is 18.7 Å². The summed E-state index contributed by atoms with van der Waals surface area (Å²) in [6.45, 7) is 1.98. The first-order chi connectivity index (χ1) is 8.70. The number of rotatable bonds is 6. The van der Waals surface area contributed by atoms with Crippen LogP contribution in [0.5, 0.6) is 0 Å². The molecule has 0 saturated carbocycles. The summed E-state index contributed by atoms with van der Waals surface area (Å²) >= 11 is 0. The van der Waals surface area contributed by atoms with Crippen LogP contribution in [0.25, 0.3) is 0 Å². The van der Waals surface area contributed by atoms with Crippen molar-refractivity contribution in [3.05, 3.63) is 41.5 Å². The molecule has 0 aliphatic carbocycles. The minimum atomic E-state index is -1.06. The van der Waals surface area contributed by atoms with Crippen LogP contribution in [0.2, 0.25) is 0 Å². The SMILES string of the molecule is CCCc1nc(CCc2ccco2)oc1C(=O)O. The summed E-state index contributed by atoms with van der Waals surface area (Å²) in [5, 5.41) is 9.01. The van der Waals surface area contributed by atoms with Crippen molar-refractivity contribution in [3.8, 4) is 0 Å². The van der Waals surface area contributed by atoms with Crippen LogP contribution in [-0.4, -0.2) is 16.1 Å². The molecule has 2 heterocycles. The first kappa shape index (κ1) is 12.4. The second-order valence-electron chi connectivity index (χ2n) is 4.02. The van der Waals surface area contributed by atoms with Crippen molar-refractivity contribution in [2.75, 3.05) is 0 Å². The quantitative estimate of drug-likeness (QED) is 0.851. The summed E-state index contributed by atoms with van der Waals surface area (Å²) in [6, 6.07) is 3.68. The summed E-state index contributed by atoms with van der Waals surface area (Å²) in [5.41, 5.74) is 0.527. The van der Waals surface area contributed by atoms with E-state index in [1.807, 2.05) is 19.1 Å². The third kappa shape index (κ3) is 2.80. The Morgan fingerprint density at radius 1 is 1.39 bits per heavy atom. The Hall–Kier alpha value is -2.04. The molecular formula is C13H15NO4. The first-order valence-electron chi connectivity index (χ1n) is 5.95. The molecule has 0 fully saturated rings. The third-order valence-corrected chi connectivity index (χ3v) is 2.59. The summed E-state index contributed by atoms with van der Waals surface area (Å²) in [5.74, 6) is 0.191. The first-order valence-corrected chi connectivity index (χ1v) is 5.95. The van der Waals surface area contributed by atoms with Crippen molar-refractivity contribution in [3.63, 3.8) is 0 Å². The van der Waals surface area contributed by atoms with Crippen LogP contribution in [0, 0.1) is 0 Å². The molecule has 96 valence electrons. The zero-order chi connectivity index (χ0) is 13.0. The number of aromatic carboxylic acids is 1. The zero-order valence-electron chi connectivity index (χ0n) is 10.2. The largest absolute Gasteiger partial charge is 0.475 e. The maximum Gasteiger partial charge on any atom is 0.373 e. The molecule has 2 rings (SSSR count). The van der Waals surface area contributed by atoms with Crippen molar-refractivity contribution in [2.45, 2.75) is 32.6 Å². The summed E-state index contributed by atoms with van der Waals surface area (Å²) in [4.78, 5) is 15.2. The van der Waals surface area contributed by atoms with E-state index in [0.717, 1.165) is 12.2 Å². The molecule has 2 aromatic heterocycles. The smallest absolute Gasteiger partial charge is 0.373 e. The molecule has 1 N–H and O–H groups in total. The maximum absolute atomic E-state index is 11.0. The van der Waals surface area contributed by atoms with Gasteiger partial charge in [0.05, 0.1) is 12.0 Å². The van der Waals surface area contributed by atoms with Gasteiger partial charge in [-0.2, -0.15) is 0 Å². The van der Waals surface area contributed by atoms with E-state index in [1.54, 1.807) is 6.26 Å². The number of aromatic nitrogens is 1. The molecule has 0 spiro atoms. The molecule has 5 heteroatoms. The molecule has 0 bridgehead atoms. The van der Waals surface area contributed by atoms with Gasteiger partial charge in [0.1, 0.15) is 5.76 Å². The second kappa shape index (κ2) is 5.53. The lowest BCUT2D eigenvalue weighted by Crippen LogP contribution is -1.99. The Balaban J connectivity index is 2.08. The second-order valence-corrected chi connectivity index (χ2v) is 4.02. The number of hydrogen-bond donors (Lipinski definition) is 1. The van der Waals surface area contributed by atoms with Crippen LogP contribution in [-0.2, 0) is 19.3 Å². The number of carboxylic acids is 1. The summed E-state index contributed by atoms with van der Waals surface area (Å²) in [6.07, 6.45) is 4.25. The topological polar surface area (TPSA) is 76.5 Å². The molecule has 0 unspecified atom stereocenters. The Bertz CT molecular complexity index is 513. The van der Waals surface area contributed by atoms with Crippen molar-refractivity contribution >= 4 is 5.97 Å². The van der Waals surface area contributed by atoms with E-state index in [0.29, 0.717) is 30.8 Å². The zero-order valence-corrected chi connectivity index (χ0v) is 10.2. The fraction of sp³-hybridized carbons (Fsp3) is 0.385. The van der Waals surface area contributed by atoms with E-state index in [-0.39, 0.29) is 5.76 Å². The van der Waals surface area contributed by atoms with E-state index < -0.39 is 5.97 Å². The van der Waals surface area contributed by atoms with Crippen LogP contribution in [0.3, 0.4) is 0 Å². The number of oxazole rings is 1.